The van der Waals surface area contributed by atoms with E-state index in [4.69, 9.17) is 22.5 Å². The van der Waals surface area contributed by atoms with E-state index in [9.17, 15) is 13.9 Å². The Kier molecular flexibility index (Phi) is 7.20. The number of hydrogen-bond donors (Lipinski definition) is 5. The minimum atomic E-state index is -1.19. The number of aromatic nitrogens is 3. The molecule has 2 aromatic heterocycles. The molecule has 10 nitrogen and oxygen atoms in total. The lowest BCUT2D eigenvalue weighted by Gasteiger charge is -2.26. The van der Waals surface area contributed by atoms with E-state index in [2.05, 4.69) is 15.2 Å². The average Bonchev–Trinajstić information content (AvgIpc) is 3.16. The SMILES string of the molecule is C/C(F)=C(/F)C(C)N(N)/C(=N\N)c1cc(-c2cnn(CC(O)CO)c2)cnc1N. The predicted octanol–water partition coefficient (Wildman–Crippen LogP) is 0.236. The Balaban J connectivity index is 2.38. The largest absolute Gasteiger partial charge is 0.394 e. The molecule has 2 rings (SSSR count). The molecule has 2 heterocycles. The van der Waals surface area contributed by atoms with Gasteiger partial charge in [-0.1, -0.05) is 0 Å². The van der Waals surface area contributed by atoms with E-state index in [0.717, 1.165) is 11.9 Å². The number of amidine groups is 1. The fourth-order valence-electron chi connectivity index (χ4n) is 2.57. The van der Waals surface area contributed by atoms with Gasteiger partial charge in [-0.25, -0.2) is 19.6 Å². The number of aliphatic hydroxyl groups excluding tert-OH is 2. The number of rotatable bonds is 7. The first-order chi connectivity index (χ1) is 13.7. The molecule has 2 aromatic rings. The van der Waals surface area contributed by atoms with Crippen LogP contribution in [0.15, 0.2) is 41.4 Å². The Bertz CT molecular complexity index is 911. The zero-order valence-electron chi connectivity index (χ0n) is 16.0. The van der Waals surface area contributed by atoms with E-state index in [1.807, 2.05) is 0 Å². The molecule has 0 radical (unpaired) electrons. The summed E-state index contributed by atoms with van der Waals surface area (Å²) in [6, 6.07) is 0.391. The van der Waals surface area contributed by atoms with Gasteiger partial charge in [-0.05, 0) is 19.9 Å². The van der Waals surface area contributed by atoms with Crippen LogP contribution in [0.25, 0.3) is 11.1 Å². The van der Waals surface area contributed by atoms with Crippen LogP contribution in [0.5, 0.6) is 0 Å². The standard InChI is InChI=1S/C17H24F2N8O2/c1-9(18)15(19)10(2)27(22)17(25-21)14-3-11(4-23-16(14)20)12-5-24-26(6-12)7-13(29)8-28/h3-6,10,13,28-29H,7-8,21-22H2,1-2H3,(H2,20,23)/b15-9-,25-17-. The van der Waals surface area contributed by atoms with E-state index in [1.54, 1.807) is 12.3 Å². The molecule has 2 unspecified atom stereocenters. The molecule has 12 heteroatoms. The minimum Gasteiger partial charge on any atom is -0.394 e. The van der Waals surface area contributed by atoms with Crippen LogP contribution >= 0.6 is 0 Å². The van der Waals surface area contributed by atoms with Gasteiger partial charge in [-0.15, -0.1) is 0 Å². The number of nitrogen functional groups attached to an aromatic ring is 1. The molecule has 158 valence electrons. The third-order valence-corrected chi connectivity index (χ3v) is 4.21. The number of hydrogen-bond acceptors (Lipinski definition) is 8. The van der Waals surface area contributed by atoms with Gasteiger partial charge in [0, 0.05) is 23.5 Å². The highest BCUT2D eigenvalue weighted by Gasteiger charge is 2.24. The van der Waals surface area contributed by atoms with Crippen molar-refractivity contribution in [1.82, 2.24) is 19.8 Å². The highest BCUT2D eigenvalue weighted by Crippen LogP contribution is 2.24. The number of hydrazone groups is 1. The fraction of sp³-hybridized carbons (Fsp3) is 0.353. The number of nitrogens with zero attached hydrogens (tertiary/aromatic N) is 5. The Morgan fingerprint density at radius 1 is 1.34 bits per heavy atom. The summed E-state index contributed by atoms with van der Waals surface area (Å²) in [6.45, 7) is 2.02. The van der Waals surface area contributed by atoms with Gasteiger partial charge in [0.25, 0.3) is 0 Å². The first kappa shape index (κ1) is 22.2. The molecule has 29 heavy (non-hydrogen) atoms. The topological polar surface area (TPSA) is 165 Å². The summed E-state index contributed by atoms with van der Waals surface area (Å²) in [7, 11) is 0. The maximum Gasteiger partial charge on any atom is 0.173 e. The summed E-state index contributed by atoms with van der Waals surface area (Å²) in [5.41, 5.74) is 7.33. The third-order valence-electron chi connectivity index (χ3n) is 4.21. The second-order valence-electron chi connectivity index (χ2n) is 6.36. The van der Waals surface area contributed by atoms with Crippen molar-refractivity contribution in [3.63, 3.8) is 0 Å². The van der Waals surface area contributed by atoms with Gasteiger partial charge in [0.2, 0.25) is 0 Å². The molecule has 0 saturated carbocycles. The van der Waals surface area contributed by atoms with Gasteiger partial charge in [0.1, 0.15) is 11.6 Å². The molecule has 0 aliphatic rings. The highest BCUT2D eigenvalue weighted by atomic mass is 19.2. The molecule has 0 amide bonds. The fourth-order valence-corrected chi connectivity index (χ4v) is 2.57. The van der Waals surface area contributed by atoms with Crippen molar-refractivity contribution in [3.05, 3.63) is 41.9 Å². The Labute approximate surface area is 165 Å². The molecule has 0 aromatic carbocycles. The van der Waals surface area contributed by atoms with Gasteiger partial charge in [-0.2, -0.15) is 10.2 Å². The normalized spacial score (nSPS) is 15.1. The summed E-state index contributed by atoms with van der Waals surface area (Å²) in [4.78, 5) is 4.09. The van der Waals surface area contributed by atoms with E-state index < -0.39 is 30.4 Å². The van der Waals surface area contributed by atoms with Crippen LogP contribution in [0.3, 0.4) is 0 Å². The second kappa shape index (κ2) is 9.41. The van der Waals surface area contributed by atoms with Crippen molar-refractivity contribution in [2.45, 2.75) is 32.5 Å². The zero-order valence-corrected chi connectivity index (χ0v) is 16.0. The van der Waals surface area contributed by atoms with Crippen LogP contribution in [0.2, 0.25) is 0 Å². The number of nitrogens with two attached hydrogens (primary N) is 3. The molecule has 8 N–H and O–H groups in total. The first-order valence-corrected chi connectivity index (χ1v) is 8.60. The molecule has 0 bridgehead atoms. The summed E-state index contributed by atoms with van der Waals surface area (Å²) in [5, 5.41) is 27.0. The summed E-state index contributed by atoms with van der Waals surface area (Å²) in [5.74, 6) is 9.20. The van der Waals surface area contributed by atoms with Crippen LogP contribution < -0.4 is 17.4 Å². The van der Waals surface area contributed by atoms with Crippen molar-refractivity contribution in [3.8, 4) is 11.1 Å². The van der Waals surface area contributed by atoms with Gasteiger partial charge >= 0.3 is 0 Å². The van der Waals surface area contributed by atoms with Gasteiger partial charge in [0.05, 0.1) is 37.1 Å². The number of aliphatic hydroxyl groups is 2. The lowest BCUT2D eigenvalue weighted by Crippen LogP contribution is -2.46. The highest BCUT2D eigenvalue weighted by molar-refractivity contribution is 6.03. The molecule has 0 spiro atoms. The summed E-state index contributed by atoms with van der Waals surface area (Å²) >= 11 is 0. The van der Waals surface area contributed by atoms with Crippen LogP contribution in [0, 0.1) is 0 Å². The van der Waals surface area contributed by atoms with Crippen LogP contribution in [0.4, 0.5) is 14.6 Å². The third kappa shape index (κ3) is 5.04. The number of halogens is 2. The minimum absolute atomic E-state index is 0.0325. The monoisotopic (exact) mass is 410 g/mol. The van der Waals surface area contributed by atoms with Crippen molar-refractivity contribution < 1.29 is 19.0 Å². The zero-order chi connectivity index (χ0) is 21.7. The summed E-state index contributed by atoms with van der Waals surface area (Å²) in [6.07, 6.45) is 3.69. The maximum atomic E-state index is 14.0. The molecular formula is C17H24F2N8O2. The Morgan fingerprint density at radius 3 is 2.62 bits per heavy atom. The van der Waals surface area contributed by atoms with Crippen LogP contribution in [-0.2, 0) is 6.54 Å². The molecule has 2 atom stereocenters. The number of allylic oxidation sites excluding steroid dienone is 1. The van der Waals surface area contributed by atoms with Gasteiger partial charge in [-0.3, -0.25) is 9.69 Å². The quantitative estimate of drug-likeness (QED) is 0.187. The van der Waals surface area contributed by atoms with Crippen molar-refractivity contribution in [2.75, 3.05) is 12.3 Å². The molecule has 0 saturated heterocycles. The first-order valence-electron chi connectivity index (χ1n) is 8.60. The molecule has 0 aliphatic heterocycles. The second-order valence-corrected chi connectivity index (χ2v) is 6.36. The van der Waals surface area contributed by atoms with Gasteiger partial charge in [0.15, 0.2) is 11.7 Å². The van der Waals surface area contributed by atoms with E-state index in [0.29, 0.717) is 11.1 Å². The van der Waals surface area contributed by atoms with Crippen LogP contribution in [-0.4, -0.2) is 54.6 Å². The van der Waals surface area contributed by atoms with E-state index >= 15 is 0 Å². The van der Waals surface area contributed by atoms with Crippen molar-refractivity contribution in [2.24, 2.45) is 16.8 Å². The van der Waals surface area contributed by atoms with Gasteiger partial charge < -0.3 is 21.8 Å². The smallest absolute Gasteiger partial charge is 0.173 e. The number of pyridine rings is 1. The lowest BCUT2D eigenvalue weighted by molar-refractivity contribution is 0.0783. The predicted molar refractivity (Wildman–Crippen MR) is 104 cm³/mol. The molecule has 0 aliphatic carbocycles. The summed E-state index contributed by atoms with van der Waals surface area (Å²) < 4.78 is 28.6. The Hall–Kier alpha value is -3.09. The van der Waals surface area contributed by atoms with Crippen molar-refractivity contribution in [1.29, 1.82) is 0 Å². The number of hydrazine groups is 1. The Morgan fingerprint density at radius 2 is 2.03 bits per heavy atom. The average molecular weight is 410 g/mol. The molecular weight excluding hydrogens is 386 g/mol. The van der Waals surface area contributed by atoms with Crippen molar-refractivity contribution >= 4 is 11.7 Å². The number of anilines is 1. The lowest BCUT2D eigenvalue weighted by atomic mass is 10.1. The van der Waals surface area contributed by atoms with E-state index in [-0.39, 0.29) is 23.8 Å². The van der Waals surface area contributed by atoms with Crippen LogP contribution in [0.1, 0.15) is 19.4 Å². The maximum absolute atomic E-state index is 14.0. The van der Waals surface area contributed by atoms with E-state index in [1.165, 1.54) is 24.0 Å². The molecule has 0 fully saturated rings.